The van der Waals surface area contributed by atoms with Crippen molar-refractivity contribution in [2.75, 3.05) is 12.7 Å². The van der Waals surface area contributed by atoms with E-state index in [0.29, 0.717) is 12.7 Å². The van der Waals surface area contributed by atoms with Gasteiger partial charge in [-0.05, 0) is 12.8 Å². The van der Waals surface area contributed by atoms with Crippen LogP contribution in [0.1, 0.15) is 45.4 Å². The molecule has 0 radical (unpaired) electrons. The van der Waals surface area contributed by atoms with E-state index in [1.165, 1.54) is 38.5 Å². The second-order valence-electron chi connectivity index (χ2n) is 3.15. The minimum absolute atomic E-state index is 0.292. The SMILES string of the molecule is CCCCCCC/C=C/COCCl. The first-order valence-corrected chi connectivity index (χ1v) is 5.74. The van der Waals surface area contributed by atoms with Crippen LogP contribution in [0, 0.1) is 0 Å². The number of halogens is 1. The van der Waals surface area contributed by atoms with Gasteiger partial charge in [0.25, 0.3) is 0 Å². The van der Waals surface area contributed by atoms with Crippen molar-refractivity contribution in [1.29, 1.82) is 0 Å². The van der Waals surface area contributed by atoms with Crippen LogP contribution in [0.2, 0.25) is 0 Å². The van der Waals surface area contributed by atoms with E-state index in [1.807, 2.05) is 6.08 Å². The summed E-state index contributed by atoms with van der Waals surface area (Å²) in [5.41, 5.74) is 0. The molecule has 0 spiro atoms. The van der Waals surface area contributed by atoms with Gasteiger partial charge in [0.1, 0.15) is 6.07 Å². The van der Waals surface area contributed by atoms with Gasteiger partial charge in [0.05, 0.1) is 6.61 Å². The zero-order valence-corrected chi connectivity index (χ0v) is 9.35. The summed E-state index contributed by atoms with van der Waals surface area (Å²) < 4.78 is 4.96. The van der Waals surface area contributed by atoms with E-state index in [4.69, 9.17) is 16.3 Å². The van der Waals surface area contributed by atoms with Crippen LogP contribution in [-0.4, -0.2) is 12.7 Å². The topological polar surface area (TPSA) is 9.23 Å². The van der Waals surface area contributed by atoms with Crippen LogP contribution in [0.4, 0.5) is 0 Å². The maximum absolute atomic E-state index is 5.34. The summed E-state index contributed by atoms with van der Waals surface area (Å²) >= 11 is 5.34. The molecule has 0 unspecified atom stereocenters. The van der Waals surface area contributed by atoms with Gasteiger partial charge in [0.15, 0.2) is 0 Å². The minimum Gasteiger partial charge on any atom is -0.362 e. The number of hydrogen-bond acceptors (Lipinski definition) is 1. The average Bonchev–Trinajstić information content (AvgIpc) is 2.16. The molecule has 0 aliphatic carbocycles. The zero-order valence-electron chi connectivity index (χ0n) is 8.60. The molecular weight excluding hydrogens is 184 g/mol. The van der Waals surface area contributed by atoms with Gasteiger partial charge in [-0.25, -0.2) is 0 Å². The van der Waals surface area contributed by atoms with Crippen molar-refractivity contribution in [3.63, 3.8) is 0 Å². The Morgan fingerprint density at radius 2 is 1.85 bits per heavy atom. The van der Waals surface area contributed by atoms with Crippen LogP contribution in [-0.2, 0) is 4.74 Å². The van der Waals surface area contributed by atoms with Gasteiger partial charge >= 0.3 is 0 Å². The molecule has 0 aliphatic heterocycles. The fraction of sp³-hybridized carbons (Fsp3) is 0.818. The van der Waals surface area contributed by atoms with Crippen molar-refractivity contribution in [3.05, 3.63) is 12.2 Å². The summed E-state index contributed by atoms with van der Waals surface area (Å²) in [6, 6.07) is 0.292. The molecule has 0 saturated carbocycles. The predicted octanol–water partition coefficient (Wildman–Crippen LogP) is 4.12. The maximum Gasteiger partial charge on any atom is 0.121 e. The molecule has 0 aromatic carbocycles. The highest BCUT2D eigenvalue weighted by Gasteiger charge is 1.86. The first-order chi connectivity index (χ1) is 6.41. The third-order valence-corrected chi connectivity index (χ3v) is 2.09. The monoisotopic (exact) mass is 204 g/mol. The van der Waals surface area contributed by atoms with Crippen LogP contribution in [0.15, 0.2) is 12.2 Å². The number of unbranched alkanes of at least 4 members (excludes halogenated alkanes) is 5. The molecule has 0 aromatic heterocycles. The lowest BCUT2D eigenvalue weighted by molar-refractivity contribution is 0.212. The van der Waals surface area contributed by atoms with Crippen LogP contribution < -0.4 is 0 Å². The third-order valence-electron chi connectivity index (χ3n) is 1.93. The van der Waals surface area contributed by atoms with Crippen molar-refractivity contribution >= 4 is 11.6 Å². The van der Waals surface area contributed by atoms with Crippen molar-refractivity contribution < 1.29 is 4.74 Å². The van der Waals surface area contributed by atoms with Crippen molar-refractivity contribution in [2.45, 2.75) is 45.4 Å². The van der Waals surface area contributed by atoms with Crippen molar-refractivity contribution in [2.24, 2.45) is 0 Å². The molecule has 0 heterocycles. The predicted molar refractivity (Wildman–Crippen MR) is 59.2 cm³/mol. The lowest BCUT2D eigenvalue weighted by atomic mass is 10.1. The quantitative estimate of drug-likeness (QED) is 0.312. The Morgan fingerprint density at radius 1 is 1.08 bits per heavy atom. The molecule has 13 heavy (non-hydrogen) atoms. The largest absolute Gasteiger partial charge is 0.362 e. The number of hydrogen-bond donors (Lipinski definition) is 0. The summed E-state index contributed by atoms with van der Waals surface area (Å²) in [5, 5.41) is 0. The van der Waals surface area contributed by atoms with Gasteiger partial charge in [0, 0.05) is 0 Å². The first-order valence-electron chi connectivity index (χ1n) is 5.20. The van der Waals surface area contributed by atoms with Gasteiger partial charge in [-0.2, -0.15) is 0 Å². The molecule has 78 valence electrons. The summed E-state index contributed by atoms with van der Waals surface area (Å²) in [6.07, 6.45) is 12.1. The van der Waals surface area contributed by atoms with Crippen LogP contribution in [0.3, 0.4) is 0 Å². The van der Waals surface area contributed by atoms with Crippen LogP contribution in [0.5, 0.6) is 0 Å². The number of alkyl halides is 1. The van der Waals surface area contributed by atoms with E-state index >= 15 is 0 Å². The molecule has 0 fully saturated rings. The average molecular weight is 205 g/mol. The Morgan fingerprint density at radius 3 is 2.54 bits per heavy atom. The van der Waals surface area contributed by atoms with Gasteiger partial charge in [-0.1, -0.05) is 56.4 Å². The molecule has 2 heteroatoms. The Bertz CT molecular complexity index is 113. The summed E-state index contributed by atoms with van der Waals surface area (Å²) in [5.74, 6) is 0. The lowest BCUT2D eigenvalue weighted by Gasteiger charge is -1.96. The molecule has 0 aromatic rings. The van der Waals surface area contributed by atoms with Crippen molar-refractivity contribution in [1.82, 2.24) is 0 Å². The smallest absolute Gasteiger partial charge is 0.121 e. The molecule has 0 rings (SSSR count). The second-order valence-corrected chi connectivity index (χ2v) is 3.37. The maximum atomic E-state index is 5.34. The molecule has 0 aliphatic rings. The van der Waals surface area contributed by atoms with E-state index in [0.717, 1.165) is 0 Å². The molecule has 0 N–H and O–H groups in total. The van der Waals surface area contributed by atoms with Crippen LogP contribution >= 0.6 is 11.6 Å². The minimum atomic E-state index is 0.292. The van der Waals surface area contributed by atoms with E-state index < -0.39 is 0 Å². The van der Waals surface area contributed by atoms with E-state index in [1.54, 1.807) is 0 Å². The third kappa shape index (κ3) is 12.0. The summed E-state index contributed by atoms with van der Waals surface area (Å²) in [7, 11) is 0. The molecule has 0 atom stereocenters. The fourth-order valence-electron chi connectivity index (χ4n) is 1.16. The first kappa shape index (κ1) is 13.0. The van der Waals surface area contributed by atoms with Crippen molar-refractivity contribution in [3.8, 4) is 0 Å². The standard InChI is InChI=1S/C11H21ClO/c1-2-3-4-5-6-7-8-9-10-13-11-12/h8-9H,2-7,10-11H2,1H3/b9-8+. The normalized spacial score (nSPS) is 11.2. The Balaban J connectivity index is 2.93. The number of allylic oxidation sites excluding steroid dienone is 1. The lowest BCUT2D eigenvalue weighted by Crippen LogP contribution is -1.85. The number of rotatable bonds is 9. The molecule has 0 saturated heterocycles. The Hall–Kier alpha value is -0.0100. The molecule has 1 nitrogen and oxygen atoms in total. The van der Waals surface area contributed by atoms with Crippen LogP contribution in [0.25, 0.3) is 0 Å². The summed E-state index contributed by atoms with van der Waals surface area (Å²) in [6.45, 7) is 2.89. The molecule has 0 bridgehead atoms. The molecular formula is C11H21ClO. The van der Waals surface area contributed by atoms with Gasteiger partial charge < -0.3 is 4.74 Å². The van der Waals surface area contributed by atoms with E-state index in [2.05, 4.69) is 13.0 Å². The Labute approximate surface area is 87.1 Å². The highest BCUT2D eigenvalue weighted by molar-refractivity contribution is 6.17. The van der Waals surface area contributed by atoms with E-state index in [-0.39, 0.29) is 0 Å². The fourth-order valence-corrected chi connectivity index (χ4v) is 1.25. The number of ether oxygens (including phenoxy) is 1. The van der Waals surface area contributed by atoms with Gasteiger partial charge in [0.2, 0.25) is 0 Å². The second kappa shape index (κ2) is 12.0. The molecule has 0 amide bonds. The van der Waals surface area contributed by atoms with Gasteiger partial charge in [-0.3, -0.25) is 0 Å². The highest BCUT2D eigenvalue weighted by atomic mass is 35.5. The van der Waals surface area contributed by atoms with Gasteiger partial charge in [-0.15, -0.1) is 0 Å². The van der Waals surface area contributed by atoms with E-state index in [9.17, 15) is 0 Å². The Kier molecular flexibility index (Phi) is 12.0. The summed E-state index contributed by atoms with van der Waals surface area (Å²) in [4.78, 5) is 0. The highest BCUT2D eigenvalue weighted by Crippen LogP contribution is 2.05. The zero-order chi connectivity index (χ0) is 9.78.